The Kier molecular flexibility index (Phi) is 4.47. The lowest BCUT2D eigenvalue weighted by Crippen LogP contribution is -2.11. The third-order valence-corrected chi connectivity index (χ3v) is 3.51. The molecule has 0 saturated carbocycles. The molecular weight excluding hydrogens is 311 g/mol. The van der Waals surface area contributed by atoms with Gasteiger partial charge in [-0.05, 0) is 24.6 Å². The molecule has 0 amide bonds. The molecule has 100 valence electrons. The van der Waals surface area contributed by atoms with Gasteiger partial charge in [0.25, 0.3) is 0 Å². The maximum atomic E-state index is 13.2. The third kappa shape index (κ3) is 3.29. The zero-order valence-electron chi connectivity index (χ0n) is 10.6. The number of halogens is 2. The summed E-state index contributed by atoms with van der Waals surface area (Å²) in [5.74, 6) is 0.154. The number of nitrogens with zero attached hydrogens (tertiary/aromatic N) is 2. The number of Topliss-reactive ketones (excluding diaryl/α,β-unsaturated/α-hetero) is 1. The predicted octanol–water partition coefficient (Wildman–Crippen LogP) is 3.62. The van der Waals surface area contributed by atoms with Crippen molar-refractivity contribution in [3.63, 3.8) is 0 Å². The summed E-state index contributed by atoms with van der Waals surface area (Å²) in [6.07, 6.45) is 4.68. The summed E-state index contributed by atoms with van der Waals surface area (Å²) in [5.41, 5.74) is 0.353. The van der Waals surface area contributed by atoms with Gasteiger partial charge in [0.2, 0.25) is 0 Å². The number of hydrogen-bond donors (Lipinski definition) is 0. The van der Waals surface area contributed by atoms with Gasteiger partial charge in [-0.3, -0.25) is 4.79 Å². The van der Waals surface area contributed by atoms with Crippen LogP contribution in [-0.2, 0) is 13.0 Å². The van der Waals surface area contributed by atoms with E-state index in [1.54, 1.807) is 12.3 Å². The smallest absolute Gasteiger partial charge is 0.171 e. The van der Waals surface area contributed by atoms with Gasteiger partial charge in [-0.1, -0.05) is 22.9 Å². The Labute approximate surface area is 119 Å². The lowest BCUT2D eigenvalue weighted by Gasteiger charge is -2.07. The third-order valence-electron chi connectivity index (χ3n) is 2.81. The Morgan fingerprint density at radius 1 is 1.47 bits per heavy atom. The van der Waals surface area contributed by atoms with E-state index in [0.29, 0.717) is 15.9 Å². The molecule has 0 atom stereocenters. The van der Waals surface area contributed by atoms with Crippen LogP contribution in [0.25, 0.3) is 0 Å². The van der Waals surface area contributed by atoms with Gasteiger partial charge >= 0.3 is 0 Å². The van der Waals surface area contributed by atoms with E-state index in [4.69, 9.17) is 0 Å². The Morgan fingerprint density at radius 2 is 2.26 bits per heavy atom. The standard InChI is InChI=1S/C14H14BrFN2O/c1-2-6-18-7-5-17-14(18)9-13(19)11-8-10(16)3-4-12(11)15/h3-5,7-8H,2,6,9H2,1H3. The molecule has 1 aromatic heterocycles. The number of imidazole rings is 1. The highest BCUT2D eigenvalue weighted by atomic mass is 79.9. The second kappa shape index (κ2) is 6.10. The molecule has 1 aromatic carbocycles. The topological polar surface area (TPSA) is 34.9 Å². The lowest BCUT2D eigenvalue weighted by molar-refractivity contribution is 0.0988. The molecule has 5 heteroatoms. The first-order chi connectivity index (χ1) is 9.11. The normalized spacial score (nSPS) is 10.7. The zero-order chi connectivity index (χ0) is 13.8. The number of ketones is 1. The first-order valence-corrected chi connectivity index (χ1v) is 6.89. The number of aromatic nitrogens is 2. The second-order valence-electron chi connectivity index (χ2n) is 4.26. The van der Waals surface area contributed by atoms with Crippen molar-refractivity contribution >= 4 is 21.7 Å². The van der Waals surface area contributed by atoms with E-state index in [0.717, 1.165) is 13.0 Å². The average molecular weight is 325 g/mol. The molecule has 0 aliphatic heterocycles. The number of aryl methyl sites for hydroxylation is 1. The largest absolute Gasteiger partial charge is 0.335 e. The first kappa shape index (κ1) is 13.9. The minimum atomic E-state index is -0.413. The van der Waals surface area contributed by atoms with Crippen LogP contribution in [0.4, 0.5) is 4.39 Å². The van der Waals surface area contributed by atoms with Crippen molar-refractivity contribution in [2.24, 2.45) is 0 Å². The maximum Gasteiger partial charge on any atom is 0.171 e. The molecule has 0 N–H and O–H groups in total. The van der Waals surface area contributed by atoms with Crippen LogP contribution in [0.1, 0.15) is 29.5 Å². The summed E-state index contributed by atoms with van der Waals surface area (Å²) in [7, 11) is 0. The van der Waals surface area contributed by atoms with Gasteiger partial charge in [-0.2, -0.15) is 0 Å². The van der Waals surface area contributed by atoms with Gasteiger partial charge in [-0.15, -0.1) is 0 Å². The van der Waals surface area contributed by atoms with Crippen molar-refractivity contribution < 1.29 is 9.18 Å². The predicted molar refractivity (Wildman–Crippen MR) is 74.7 cm³/mol. The quantitative estimate of drug-likeness (QED) is 0.787. The molecule has 2 rings (SSSR count). The molecule has 0 unspecified atom stereocenters. The van der Waals surface area contributed by atoms with Crippen molar-refractivity contribution in [1.82, 2.24) is 9.55 Å². The van der Waals surface area contributed by atoms with Crippen molar-refractivity contribution in [2.75, 3.05) is 0 Å². The fourth-order valence-electron chi connectivity index (χ4n) is 1.90. The summed E-state index contributed by atoms with van der Waals surface area (Å²) in [5, 5.41) is 0. The molecule has 0 aliphatic rings. The Morgan fingerprint density at radius 3 is 3.00 bits per heavy atom. The monoisotopic (exact) mass is 324 g/mol. The molecule has 1 heterocycles. The number of rotatable bonds is 5. The van der Waals surface area contributed by atoms with Crippen LogP contribution in [0.5, 0.6) is 0 Å². The molecule has 0 spiro atoms. The molecule has 0 fully saturated rings. The lowest BCUT2D eigenvalue weighted by atomic mass is 10.1. The van der Waals surface area contributed by atoms with Crippen LogP contribution in [0, 0.1) is 5.82 Å². The number of carbonyl (C=O) groups is 1. The van der Waals surface area contributed by atoms with Gasteiger partial charge in [0.1, 0.15) is 11.6 Å². The summed E-state index contributed by atoms with van der Waals surface area (Å²) in [6, 6.07) is 4.11. The first-order valence-electron chi connectivity index (χ1n) is 6.10. The molecule has 0 radical (unpaired) electrons. The van der Waals surface area contributed by atoms with Gasteiger partial charge in [0.05, 0.1) is 6.42 Å². The maximum absolute atomic E-state index is 13.2. The van der Waals surface area contributed by atoms with E-state index in [2.05, 4.69) is 27.8 Å². The Hall–Kier alpha value is -1.49. The molecule has 0 saturated heterocycles. The summed E-state index contributed by atoms with van der Waals surface area (Å²) in [6.45, 7) is 2.89. The van der Waals surface area contributed by atoms with Gasteiger partial charge in [-0.25, -0.2) is 9.37 Å². The van der Waals surface area contributed by atoms with Crippen molar-refractivity contribution in [1.29, 1.82) is 0 Å². The summed E-state index contributed by atoms with van der Waals surface area (Å²) < 4.78 is 15.7. The molecule has 19 heavy (non-hydrogen) atoms. The highest BCUT2D eigenvalue weighted by Gasteiger charge is 2.14. The van der Waals surface area contributed by atoms with Crippen LogP contribution in [0.2, 0.25) is 0 Å². The molecule has 0 aliphatic carbocycles. The van der Waals surface area contributed by atoms with E-state index in [9.17, 15) is 9.18 Å². The van der Waals surface area contributed by atoms with Gasteiger partial charge in [0, 0.05) is 29.0 Å². The van der Waals surface area contributed by atoms with Crippen molar-refractivity contribution in [3.8, 4) is 0 Å². The number of benzene rings is 1. The SMILES string of the molecule is CCCn1ccnc1CC(=O)c1cc(F)ccc1Br. The number of carbonyl (C=O) groups excluding carboxylic acids is 1. The zero-order valence-corrected chi connectivity index (χ0v) is 12.2. The van der Waals surface area contributed by atoms with Crippen LogP contribution < -0.4 is 0 Å². The van der Waals surface area contributed by atoms with Crippen molar-refractivity contribution in [3.05, 3.63) is 52.3 Å². The summed E-state index contributed by atoms with van der Waals surface area (Å²) >= 11 is 3.27. The number of hydrogen-bond acceptors (Lipinski definition) is 2. The van der Waals surface area contributed by atoms with Gasteiger partial charge < -0.3 is 4.57 Å². The van der Waals surface area contributed by atoms with E-state index in [1.165, 1.54) is 12.1 Å². The molecular formula is C14H14BrFN2O. The Bertz CT molecular complexity index is 595. The molecule has 0 bridgehead atoms. The fraction of sp³-hybridized carbons (Fsp3) is 0.286. The van der Waals surface area contributed by atoms with E-state index >= 15 is 0 Å². The minimum Gasteiger partial charge on any atom is -0.335 e. The van der Waals surface area contributed by atoms with E-state index < -0.39 is 5.82 Å². The summed E-state index contributed by atoms with van der Waals surface area (Å²) in [4.78, 5) is 16.4. The van der Waals surface area contributed by atoms with E-state index in [1.807, 2.05) is 10.8 Å². The fourth-order valence-corrected chi connectivity index (χ4v) is 2.37. The van der Waals surface area contributed by atoms with Crippen molar-refractivity contribution in [2.45, 2.75) is 26.3 Å². The minimum absolute atomic E-state index is 0.144. The second-order valence-corrected chi connectivity index (χ2v) is 5.12. The highest BCUT2D eigenvalue weighted by molar-refractivity contribution is 9.10. The van der Waals surface area contributed by atoms with Crippen LogP contribution >= 0.6 is 15.9 Å². The van der Waals surface area contributed by atoms with Crippen LogP contribution in [0.15, 0.2) is 35.1 Å². The van der Waals surface area contributed by atoms with Gasteiger partial charge in [0.15, 0.2) is 5.78 Å². The average Bonchev–Trinajstić information content (AvgIpc) is 2.80. The van der Waals surface area contributed by atoms with Crippen LogP contribution in [-0.4, -0.2) is 15.3 Å². The van der Waals surface area contributed by atoms with Crippen LogP contribution in [0.3, 0.4) is 0 Å². The Balaban J connectivity index is 2.21. The molecule has 2 aromatic rings. The van der Waals surface area contributed by atoms with E-state index in [-0.39, 0.29) is 12.2 Å². The highest BCUT2D eigenvalue weighted by Crippen LogP contribution is 2.19. The molecule has 3 nitrogen and oxygen atoms in total.